The minimum absolute atomic E-state index is 0.383. The van der Waals surface area contributed by atoms with Crippen LogP contribution >= 0.6 is 0 Å². The minimum atomic E-state index is -3.49. The number of rotatable bonds is 5. The van der Waals surface area contributed by atoms with Gasteiger partial charge >= 0.3 is 5.97 Å². The lowest BCUT2D eigenvalue weighted by molar-refractivity contribution is -0.157. The molecule has 6 heteroatoms. The topological polar surface area (TPSA) is 72.5 Å². The van der Waals surface area contributed by atoms with Gasteiger partial charge in [0.1, 0.15) is 11.6 Å². The normalized spacial score (nSPS) is 17.3. The zero-order valence-corrected chi connectivity index (χ0v) is 13.3. The monoisotopic (exact) mass is 311 g/mol. The number of benzene rings is 1. The van der Waals surface area contributed by atoms with E-state index in [0.717, 1.165) is 0 Å². The van der Waals surface area contributed by atoms with Gasteiger partial charge in [0.05, 0.1) is 5.25 Å². The third-order valence-corrected chi connectivity index (χ3v) is 4.93. The second-order valence-corrected chi connectivity index (χ2v) is 8.23. The van der Waals surface area contributed by atoms with E-state index in [9.17, 15) is 13.2 Å². The molecule has 2 rings (SSSR count). The van der Waals surface area contributed by atoms with Gasteiger partial charge in [-0.25, -0.2) is 13.2 Å². The van der Waals surface area contributed by atoms with Crippen LogP contribution in [0.1, 0.15) is 45.2 Å². The van der Waals surface area contributed by atoms with Crippen molar-refractivity contribution in [2.24, 2.45) is 0 Å². The zero-order chi connectivity index (χ0) is 15.7. The Hall–Kier alpha value is -1.40. The van der Waals surface area contributed by atoms with E-state index in [4.69, 9.17) is 4.74 Å². The fraction of sp³-hybridized carbons (Fsp3) is 0.533. The Bertz CT molecular complexity index is 600. The van der Waals surface area contributed by atoms with Crippen molar-refractivity contribution in [1.82, 2.24) is 4.72 Å². The number of carbonyl (C=O) groups excluding carboxylic acids is 1. The molecule has 1 aromatic rings. The Labute approximate surface area is 125 Å². The first-order valence-electron chi connectivity index (χ1n) is 6.98. The maximum absolute atomic E-state index is 12.3. The number of nitrogens with one attached hydrogen (secondary N) is 1. The van der Waals surface area contributed by atoms with Crippen LogP contribution in [0.3, 0.4) is 0 Å². The summed E-state index contributed by atoms with van der Waals surface area (Å²) in [5.74, 6) is -0.585. The second kappa shape index (κ2) is 5.77. The molecular formula is C15H21NO4S. The Morgan fingerprint density at radius 2 is 1.81 bits per heavy atom. The number of esters is 1. The van der Waals surface area contributed by atoms with Crippen LogP contribution in [-0.4, -0.2) is 25.2 Å². The zero-order valence-electron chi connectivity index (χ0n) is 12.5. The Balaban J connectivity index is 2.24. The van der Waals surface area contributed by atoms with Gasteiger partial charge < -0.3 is 4.74 Å². The fourth-order valence-electron chi connectivity index (χ4n) is 1.90. The Morgan fingerprint density at radius 1 is 1.24 bits per heavy atom. The van der Waals surface area contributed by atoms with Crippen molar-refractivity contribution in [3.63, 3.8) is 0 Å². The van der Waals surface area contributed by atoms with Crippen LogP contribution in [0.4, 0.5) is 0 Å². The summed E-state index contributed by atoms with van der Waals surface area (Å²) in [6, 6.07) is 7.76. The van der Waals surface area contributed by atoms with Crippen molar-refractivity contribution >= 4 is 16.0 Å². The molecule has 1 fully saturated rings. The minimum Gasteiger partial charge on any atom is -0.459 e. The van der Waals surface area contributed by atoms with Crippen LogP contribution in [0.25, 0.3) is 0 Å². The smallest absolute Gasteiger partial charge is 0.329 e. The molecule has 21 heavy (non-hydrogen) atoms. The summed E-state index contributed by atoms with van der Waals surface area (Å²) in [4.78, 5) is 12.3. The summed E-state index contributed by atoms with van der Waals surface area (Å²) < 4.78 is 32.1. The van der Waals surface area contributed by atoms with E-state index in [1.807, 2.05) is 6.07 Å². The molecule has 0 spiro atoms. The van der Waals surface area contributed by atoms with Crippen molar-refractivity contribution in [3.8, 4) is 0 Å². The maximum atomic E-state index is 12.3. The maximum Gasteiger partial charge on any atom is 0.329 e. The van der Waals surface area contributed by atoms with Crippen molar-refractivity contribution in [2.45, 2.75) is 50.5 Å². The Kier molecular flexibility index (Phi) is 4.39. The van der Waals surface area contributed by atoms with E-state index in [1.54, 1.807) is 45.0 Å². The molecule has 0 bridgehead atoms. The molecule has 1 aliphatic rings. The number of carbonyl (C=O) groups is 1. The van der Waals surface area contributed by atoms with Crippen LogP contribution in [-0.2, 0) is 19.6 Å². The van der Waals surface area contributed by atoms with Gasteiger partial charge in [-0.15, -0.1) is 0 Å². The lowest BCUT2D eigenvalue weighted by Crippen LogP contribution is -2.39. The van der Waals surface area contributed by atoms with Crippen LogP contribution in [0.2, 0.25) is 0 Å². The highest BCUT2D eigenvalue weighted by Crippen LogP contribution is 2.30. The first-order chi connectivity index (χ1) is 9.69. The van der Waals surface area contributed by atoms with Crippen molar-refractivity contribution in [1.29, 1.82) is 0 Å². The lowest BCUT2D eigenvalue weighted by atomic mass is 10.1. The molecule has 0 heterocycles. The van der Waals surface area contributed by atoms with Crippen LogP contribution in [0, 0.1) is 0 Å². The van der Waals surface area contributed by atoms with E-state index in [0.29, 0.717) is 18.4 Å². The third-order valence-electron chi connectivity index (χ3n) is 3.02. The molecule has 0 radical (unpaired) electrons. The summed E-state index contributed by atoms with van der Waals surface area (Å²) >= 11 is 0. The molecule has 1 aromatic carbocycles. The van der Waals surface area contributed by atoms with Crippen molar-refractivity contribution in [2.75, 3.05) is 0 Å². The first kappa shape index (κ1) is 16.0. The van der Waals surface area contributed by atoms with E-state index in [1.165, 1.54) is 0 Å². The molecule has 0 aliphatic heterocycles. The van der Waals surface area contributed by atoms with E-state index in [2.05, 4.69) is 4.72 Å². The van der Waals surface area contributed by atoms with Gasteiger partial charge in [-0.05, 0) is 39.2 Å². The predicted molar refractivity (Wildman–Crippen MR) is 80.1 cm³/mol. The van der Waals surface area contributed by atoms with Crippen LogP contribution in [0.5, 0.6) is 0 Å². The first-order valence-corrected chi connectivity index (χ1v) is 8.53. The van der Waals surface area contributed by atoms with Gasteiger partial charge in [0.25, 0.3) is 0 Å². The average molecular weight is 311 g/mol. The number of sulfonamides is 1. The average Bonchev–Trinajstić information content (AvgIpc) is 3.19. The Morgan fingerprint density at radius 3 is 2.29 bits per heavy atom. The molecule has 0 amide bonds. The molecule has 1 atom stereocenters. The van der Waals surface area contributed by atoms with E-state index in [-0.39, 0.29) is 5.25 Å². The molecule has 116 valence electrons. The van der Waals surface area contributed by atoms with Gasteiger partial charge in [0.2, 0.25) is 10.0 Å². The van der Waals surface area contributed by atoms with Crippen molar-refractivity contribution in [3.05, 3.63) is 35.9 Å². The highest BCUT2D eigenvalue weighted by atomic mass is 32.2. The van der Waals surface area contributed by atoms with E-state index >= 15 is 0 Å². The van der Waals surface area contributed by atoms with Gasteiger partial charge in [-0.1, -0.05) is 30.3 Å². The van der Waals surface area contributed by atoms with Crippen molar-refractivity contribution < 1.29 is 17.9 Å². The largest absolute Gasteiger partial charge is 0.459 e. The van der Waals surface area contributed by atoms with Gasteiger partial charge in [-0.2, -0.15) is 4.72 Å². The number of hydrogen-bond acceptors (Lipinski definition) is 4. The summed E-state index contributed by atoms with van der Waals surface area (Å²) in [6.45, 7) is 5.26. The van der Waals surface area contributed by atoms with Gasteiger partial charge in [0.15, 0.2) is 0 Å². The van der Waals surface area contributed by atoms with E-state index < -0.39 is 27.6 Å². The molecule has 1 N–H and O–H groups in total. The van der Waals surface area contributed by atoms with Gasteiger partial charge in [0, 0.05) is 0 Å². The lowest BCUT2D eigenvalue weighted by Gasteiger charge is -2.24. The molecule has 1 saturated carbocycles. The highest BCUT2D eigenvalue weighted by molar-refractivity contribution is 7.90. The second-order valence-electron chi connectivity index (χ2n) is 6.24. The van der Waals surface area contributed by atoms with Crippen LogP contribution < -0.4 is 4.72 Å². The summed E-state index contributed by atoms with van der Waals surface area (Å²) in [6.07, 6.45) is 1.29. The molecule has 0 unspecified atom stereocenters. The molecule has 5 nitrogen and oxygen atoms in total. The summed E-state index contributed by atoms with van der Waals surface area (Å²) in [5, 5.41) is -0.383. The van der Waals surface area contributed by atoms with Crippen LogP contribution in [0.15, 0.2) is 30.3 Å². The standard InChI is InChI=1S/C15H21NO4S/c1-15(2,3)20-14(17)13(11-7-5-4-6-8-11)16-21(18,19)12-9-10-12/h4-8,12-13,16H,9-10H2,1-3H3/t13-/m1/s1. The predicted octanol–water partition coefficient (Wildman–Crippen LogP) is 2.15. The quantitative estimate of drug-likeness (QED) is 0.846. The highest BCUT2D eigenvalue weighted by Gasteiger charge is 2.39. The molecule has 1 aliphatic carbocycles. The molecular weight excluding hydrogens is 290 g/mol. The fourth-order valence-corrected chi connectivity index (χ4v) is 3.41. The summed E-state index contributed by atoms with van der Waals surface area (Å²) in [7, 11) is -3.49. The summed E-state index contributed by atoms with van der Waals surface area (Å²) in [5.41, 5.74) is -0.0919. The van der Waals surface area contributed by atoms with Gasteiger partial charge in [-0.3, -0.25) is 0 Å². The SMILES string of the molecule is CC(C)(C)OC(=O)[C@H](NS(=O)(=O)C1CC1)c1ccccc1. The third kappa shape index (κ3) is 4.54. The number of hydrogen-bond donors (Lipinski definition) is 1. The number of ether oxygens (including phenoxy) is 1. The molecule has 0 saturated heterocycles. The molecule has 0 aromatic heterocycles.